The Balaban J connectivity index is 0.00000161. The smallest absolute Gasteiger partial charge is 0.137 e. The van der Waals surface area contributed by atoms with E-state index in [2.05, 4.69) is 21.4 Å². The molecule has 0 spiro atoms. The molecule has 1 atom stereocenters. The minimum atomic E-state index is 0. The third-order valence-electron chi connectivity index (χ3n) is 3.95. The molecule has 0 bridgehead atoms. The Morgan fingerprint density at radius 3 is 3.05 bits per heavy atom. The van der Waals surface area contributed by atoms with E-state index < -0.39 is 0 Å². The van der Waals surface area contributed by atoms with Crippen LogP contribution in [0.5, 0.6) is 0 Å². The van der Waals surface area contributed by atoms with E-state index in [1.165, 1.54) is 19.4 Å². The van der Waals surface area contributed by atoms with Crippen molar-refractivity contribution in [1.82, 2.24) is 19.6 Å². The first kappa shape index (κ1) is 16.6. The first-order valence-electron chi connectivity index (χ1n) is 7.24. The molecule has 0 saturated carbocycles. The fourth-order valence-corrected chi connectivity index (χ4v) is 3.24. The zero-order valence-corrected chi connectivity index (χ0v) is 13.8. The molecule has 4 nitrogen and oxygen atoms in total. The van der Waals surface area contributed by atoms with Crippen LogP contribution in [0.15, 0.2) is 24.5 Å². The summed E-state index contributed by atoms with van der Waals surface area (Å²) in [7, 11) is 2.03. The molecule has 0 aromatic carbocycles. The predicted octanol–water partition coefficient (Wildman–Crippen LogP) is 2.84. The number of piperidine rings is 1. The van der Waals surface area contributed by atoms with Gasteiger partial charge in [0.1, 0.15) is 5.65 Å². The van der Waals surface area contributed by atoms with E-state index in [4.69, 9.17) is 11.6 Å². The number of fused-ring (bicyclic) bond motifs is 1. The molecule has 1 aliphatic heterocycles. The van der Waals surface area contributed by atoms with Crippen LogP contribution in [0.3, 0.4) is 0 Å². The minimum Gasteiger partial charge on any atom is -0.319 e. The Hall–Kier alpha value is -0.810. The number of rotatable bonds is 4. The zero-order valence-electron chi connectivity index (χ0n) is 12.3. The van der Waals surface area contributed by atoms with Gasteiger partial charge in [-0.25, -0.2) is 4.98 Å². The highest BCUT2D eigenvalue weighted by atomic mass is 35.5. The third-order valence-corrected chi connectivity index (χ3v) is 4.17. The molecule has 3 rings (SSSR count). The Labute approximate surface area is 136 Å². The standard InChI is InChI=1S/C15H21ClN4.ClH/c1-17-7-12-3-2-6-19(8-12)10-14-11-20-9-13(16)4-5-15(20)18-14;/h4-5,9,11-12,17H,2-3,6-8,10H2,1H3;1H. The van der Waals surface area contributed by atoms with E-state index >= 15 is 0 Å². The van der Waals surface area contributed by atoms with Gasteiger partial charge in [-0.1, -0.05) is 11.6 Å². The molecule has 3 heterocycles. The lowest BCUT2D eigenvalue weighted by Gasteiger charge is -2.32. The van der Waals surface area contributed by atoms with Crippen LogP contribution in [0.4, 0.5) is 0 Å². The van der Waals surface area contributed by atoms with Gasteiger partial charge in [-0.05, 0) is 51.0 Å². The second-order valence-electron chi connectivity index (χ2n) is 5.65. The van der Waals surface area contributed by atoms with Gasteiger partial charge < -0.3 is 9.72 Å². The third kappa shape index (κ3) is 4.10. The van der Waals surface area contributed by atoms with Crippen molar-refractivity contribution in [3.8, 4) is 0 Å². The molecule has 2 aromatic heterocycles. The van der Waals surface area contributed by atoms with Crippen molar-refractivity contribution in [2.45, 2.75) is 19.4 Å². The monoisotopic (exact) mass is 328 g/mol. The van der Waals surface area contributed by atoms with Crippen LogP contribution in [-0.4, -0.2) is 41.0 Å². The molecular formula is C15H22Cl2N4. The van der Waals surface area contributed by atoms with Crippen molar-refractivity contribution in [2.75, 3.05) is 26.7 Å². The lowest BCUT2D eigenvalue weighted by molar-refractivity contribution is 0.165. The summed E-state index contributed by atoms with van der Waals surface area (Å²) >= 11 is 6.01. The van der Waals surface area contributed by atoms with Crippen molar-refractivity contribution in [3.05, 3.63) is 35.2 Å². The maximum absolute atomic E-state index is 6.01. The van der Waals surface area contributed by atoms with Crippen molar-refractivity contribution in [2.24, 2.45) is 5.92 Å². The average Bonchev–Trinajstić information content (AvgIpc) is 2.81. The van der Waals surface area contributed by atoms with Gasteiger partial charge in [0.15, 0.2) is 0 Å². The summed E-state index contributed by atoms with van der Waals surface area (Å²) < 4.78 is 2.01. The number of hydrogen-bond donors (Lipinski definition) is 1. The summed E-state index contributed by atoms with van der Waals surface area (Å²) in [5.74, 6) is 0.764. The molecular weight excluding hydrogens is 307 g/mol. The van der Waals surface area contributed by atoms with E-state index in [1.807, 2.05) is 29.8 Å². The molecule has 1 aliphatic rings. The van der Waals surface area contributed by atoms with Crippen LogP contribution < -0.4 is 5.32 Å². The summed E-state index contributed by atoms with van der Waals surface area (Å²) in [5.41, 5.74) is 2.09. The molecule has 1 fully saturated rings. The molecule has 0 radical (unpaired) electrons. The Morgan fingerprint density at radius 1 is 1.38 bits per heavy atom. The second-order valence-corrected chi connectivity index (χ2v) is 6.08. The maximum atomic E-state index is 6.01. The molecule has 6 heteroatoms. The van der Waals surface area contributed by atoms with Gasteiger partial charge >= 0.3 is 0 Å². The van der Waals surface area contributed by atoms with Crippen molar-refractivity contribution in [3.63, 3.8) is 0 Å². The van der Waals surface area contributed by atoms with Crippen LogP contribution in [0.25, 0.3) is 5.65 Å². The normalized spacial score (nSPS) is 19.6. The number of imidazole rings is 1. The minimum absolute atomic E-state index is 0. The van der Waals surface area contributed by atoms with Crippen molar-refractivity contribution >= 4 is 29.7 Å². The number of likely N-dealkylation sites (tertiary alicyclic amines) is 1. The number of hydrogen-bond acceptors (Lipinski definition) is 3. The number of nitrogens with zero attached hydrogens (tertiary/aromatic N) is 3. The van der Waals surface area contributed by atoms with Crippen LogP contribution in [0.2, 0.25) is 5.02 Å². The highest BCUT2D eigenvalue weighted by molar-refractivity contribution is 6.30. The fourth-order valence-electron chi connectivity index (χ4n) is 3.07. The first-order valence-corrected chi connectivity index (χ1v) is 7.62. The lowest BCUT2D eigenvalue weighted by Crippen LogP contribution is -2.38. The molecule has 1 unspecified atom stereocenters. The number of halogens is 2. The summed E-state index contributed by atoms with van der Waals surface area (Å²) in [6, 6.07) is 3.85. The van der Waals surface area contributed by atoms with Gasteiger partial charge in [-0.15, -0.1) is 12.4 Å². The maximum Gasteiger partial charge on any atom is 0.137 e. The van der Waals surface area contributed by atoms with Gasteiger partial charge in [0.25, 0.3) is 0 Å². The highest BCUT2D eigenvalue weighted by Crippen LogP contribution is 2.18. The topological polar surface area (TPSA) is 32.6 Å². The Bertz CT molecular complexity index is 582. The van der Waals surface area contributed by atoms with Gasteiger partial charge in [0, 0.05) is 25.5 Å². The highest BCUT2D eigenvalue weighted by Gasteiger charge is 2.20. The lowest BCUT2D eigenvalue weighted by atomic mass is 9.98. The molecule has 1 saturated heterocycles. The van der Waals surface area contributed by atoms with Crippen LogP contribution >= 0.6 is 24.0 Å². The molecule has 21 heavy (non-hydrogen) atoms. The Kier molecular flexibility index (Phi) is 5.88. The molecule has 116 valence electrons. The summed E-state index contributed by atoms with van der Waals surface area (Å²) in [6.45, 7) is 4.38. The molecule has 2 aromatic rings. The van der Waals surface area contributed by atoms with Crippen LogP contribution in [0.1, 0.15) is 18.5 Å². The number of pyridine rings is 1. The zero-order chi connectivity index (χ0) is 13.9. The summed E-state index contributed by atoms with van der Waals surface area (Å²) in [4.78, 5) is 7.17. The summed E-state index contributed by atoms with van der Waals surface area (Å²) in [6.07, 6.45) is 6.61. The van der Waals surface area contributed by atoms with Gasteiger partial charge in [0.05, 0.1) is 10.7 Å². The SMILES string of the molecule is CNCC1CCCN(Cc2cn3cc(Cl)ccc3n2)C1.Cl. The number of nitrogens with one attached hydrogen (secondary N) is 1. The molecule has 0 aliphatic carbocycles. The quantitative estimate of drug-likeness (QED) is 0.936. The van der Waals surface area contributed by atoms with Gasteiger partial charge in [-0.3, -0.25) is 4.90 Å². The van der Waals surface area contributed by atoms with Gasteiger partial charge in [0.2, 0.25) is 0 Å². The average molecular weight is 329 g/mol. The van der Waals surface area contributed by atoms with Crippen molar-refractivity contribution in [1.29, 1.82) is 0 Å². The molecule has 0 amide bonds. The van der Waals surface area contributed by atoms with E-state index in [0.29, 0.717) is 0 Å². The predicted molar refractivity (Wildman–Crippen MR) is 89.4 cm³/mol. The van der Waals surface area contributed by atoms with Crippen molar-refractivity contribution < 1.29 is 0 Å². The number of aromatic nitrogens is 2. The largest absolute Gasteiger partial charge is 0.319 e. The molecule has 1 N–H and O–H groups in total. The van der Waals surface area contributed by atoms with Crippen LogP contribution in [-0.2, 0) is 6.54 Å². The first-order chi connectivity index (χ1) is 9.74. The van der Waals surface area contributed by atoms with E-state index in [1.54, 1.807) is 0 Å². The Morgan fingerprint density at radius 2 is 2.24 bits per heavy atom. The van der Waals surface area contributed by atoms with Crippen LogP contribution in [0, 0.1) is 5.92 Å². The van der Waals surface area contributed by atoms with E-state index in [0.717, 1.165) is 41.9 Å². The fraction of sp³-hybridized carbons (Fsp3) is 0.533. The summed E-state index contributed by atoms with van der Waals surface area (Å²) in [5, 5.41) is 4.03. The second kappa shape index (κ2) is 7.45. The van der Waals surface area contributed by atoms with Gasteiger partial charge in [-0.2, -0.15) is 0 Å². The van der Waals surface area contributed by atoms with E-state index in [-0.39, 0.29) is 12.4 Å². The van der Waals surface area contributed by atoms with E-state index in [9.17, 15) is 0 Å².